The van der Waals surface area contributed by atoms with E-state index in [1.54, 1.807) is 60.7 Å². The van der Waals surface area contributed by atoms with Crippen molar-refractivity contribution < 1.29 is 18.9 Å². The van der Waals surface area contributed by atoms with Gasteiger partial charge in [-0.15, -0.1) is 0 Å². The first kappa shape index (κ1) is 18.0. The van der Waals surface area contributed by atoms with Gasteiger partial charge in [-0.3, -0.25) is 14.4 Å². The van der Waals surface area contributed by atoms with Crippen LogP contribution in [0.15, 0.2) is 60.7 Å². The highest BCUT2D eigenvalue weighted by atomic mass is 31.2. The Balaban J connectivity index is 2.69. The minimum Gasteiger partial charge on any atom is -0.306 e. The van der Waals surface area contributed by atoms with Gasteiger partial charge in [-0.05, 0) is 13.8 Å². The summed E-state index contributed by atoms with van der Waals surface area (Å²) in [6.45, 7) is 3.84. The molecule has 0 aliphatic heterocycles. The van der Waals surface area contributed by atoms with Gasteiger partial charge in [0, 0.05) is 17.5 Å². The molecule has 4 nitrogen and oxygen atoms in total. The average Bonchev–Trinajstić information content (AvgIpc) is 2.61. The molecule has 0 atom stereocenters. The van der Waals surface area contributed by atoms with E-state index in [4.69, 9.17) is 0 Å². The van der Waals surface area contributed by atoms with Crippen LogP contribution in [0, 0.1) is 5.41 Å². The molecule has 0 saturated heterocycles. The second kappa shape index (κ2) is 6.66. The standard InChI is InChI=1S/C19H19O4P/c1-14(20)17(21)19(2,3)18(22)24(23,15-10-6-4-7-11-15)16-12-8-5-9-13-16/h4-13H,1-3H3. The van der Waals surface area contributed by atoms with Crippen LogP contribution in [0.25, 0.3) is 0 Å². The van der Waals surface area contributed by atoms with Crippen LogP contribution in [0.3, 0.4) is 0 Å². The number of Topliss-reactive ketones (excluding diaryl/α,β-unsaturated/α-hetero) is 2. The topological polar surface area (TPSA) is 68.3 Å². The molecule has 0 radical (unpaired) electrons. The van der Waals surface area contributed by atoms with E-state index in [0.717, 1.165) is 6.92 Å². The van der Waals surface area contributed by atoms with E-state index in [1.807, 2.05) is 0 Å². The first-order valence-corrected chi connectivity index (χ1v) is 9.24. The Hall–Kier alpha value is -2.32. The Bertz CT molecular complexity index is 779. The van der Waals surface area contributed by atoms with Crippen molar-refractivity contribution in [1.29, 1.82) is 0 Å². The number of benzene rings is 2. The summed E-state index contributed by atoms with van der Waals surface area (Å²) in [5, 5.41) is 0.705. The van der Waals surface area contributed by atoms with Gasteiger partial charge in [0.1, 0.15) is 0 Å². The lowest BCUT2D eigenvalue weighted by atomic mass is 9.88. The third-order valence-corrected chi connectivity index (χ3v) is 7.13. The summed E-state index contributed by atoms with van der Waals surface area (Å²) < 4.78 is 13.9. The normalized spacial score (nSPS) is 11.8. The second-order valence-corrected chi connectivity index (χ2v) is 8.75. The smallest absolute Gasteiger partial charge is 0.213 e. The van der Waals surface area contributed by atoms with E-state index < -0.39 is 29.6 Å². The fourth-order valence-electron chi connectivity index (χ4n) is 2.59. The van der Waals surface area contributed by atoms with Crippen molar-refractivity contribution in [2.24, 2.45) is 5.41 Å². The van der Waals surface area contributed by atoms with E-state index in [2.05, 4.69) is 0 Å². The van der Waals surface area contributed by atoms with Gasteiger partial charge >= 0.3 is 0 Å². The monoisotopic (exact) mass is 342 g/mol. The summed E-state index contributed by atoms with van der Waals surface area (Å²) in [6, 6.07) is 16.7. The summed E-state index contributed by atoms with van der Waals surface area (Å²) in [6.07, 6.45) is 0. The molecule has 24 heavy (non-hydrogen) atoms. The molecule has 2 rings (SSSR count). The highest BCUT2D eigenvalue weighted by Crippen LogP contribution is 2.50. The van der Waals surface area contributed by atoms with Crippen LogP contribution in [-0.2, 0) is 18.9 Å². The van der Waals surface area contributed by atoms with Crippen molar-refractivity contribution >= 4 is 34.8 Å². The summed E-state index contributed by atoms with van der Waals surface area (Å²) >= 11 is 0. The molecule has 0 heterocycles. The third kappa shape index (κ3) is 3.02. The maximum absolute atomic E-state index is 13.9. The molecule has 0 saturated carbocycles. The number of hydrogen-bond donors (Lipinski definition) is 0. The average molecular weight is 342 g/mol. The van der Waals surface area contributed by atoms with E-state index in [9.17, 15) is 18.9 Å². The molecule has 2 aromatic rings. The summed E-state index contributed by atoms with van der Waals surface area (Å²) in [7, 11) is -3.74. The first-order chi connectivity index (χ1) is 11.2. The van der Waals surface area contributed by atoms with Crippen LogP contribution >= 0.6 is 7.14 Å². The van der Waals surface area contributed by atoms with Gasteiger partial charge in [-0.1, -0.05) is 60.7 Å². The molecule has 0 bridgehead atoms. The molecule has 124 valence electrons. The Morgan fingerprint density at radius 3 is 1.50 bits per heavy atom. The predicted molar refractivity (Wildman–Crippen MR) is 94.2 cm³/mol. The van der Waals surface area contributed by atoms with Gasteiger partial charge in [0.25, 0.3) is 0 Å². The van der Waals surface area contributed by atoms with Crippen LogP contribution in [0.4, 0.5) is 0 Å². The van der Waals surface area contributed by atoms with Gasteiger partial charge in [0.15, 0.2) is 5.78 Å². The third-order valence-electron chi connectivity index (χ3n) is 3.95. The zero-order chi connectivity index (χ0) is 18.0. The van der Waals surface area contributed by atoms with Crippen molar-refractivity contribution in [1.82, 2.24) is 0 Å². The number of ketones is 2. The second-order valence-electron chi connectivity index (χ2n) is 6.10. The van der Waals surface area contributed by atoms with Crippen molar-refractivity contribution in [3.63, 3.8) is 0 Å². The van der Waals surface area contributed by atoms with Gasteiger partial charge in [-0.25, -0.2) is 0 Å². The molecular formula is C19H19O4P. The Labute approximate surface area is 141 Å². The van der Waals surface area contributed by atoms with E-state index in [-0.39, 0.29) is 0 Å². The summed E-state index contributed by atoms with van der Waals surface area (Å²) in [4.78, 5) is 36.9. The molecule has 0 fully saturated rings. The SMILES string of the molecule is CC(=O)C(=O)C(C)(C)C(=O)P(=O)(c1ccccc1)c1ccccc1. The number of carbonyl (C=O) groups excluding carboxylic acids is 3. The molecule has 0 unspecified atom stereocenters. The van der Waals surface area contributed by atoms with E-state index >= 15 is 0 Å². The zero-order valence-corrected chi connectivity index (χ0v) is 14.7. The fraction of sp³-hybridized carbons (Fsp3) is 0.211. The quantitative estimate of drug-likeness (QED) is 0.460. The molecule has 2 aromatic carbocycles. The van der Waals surface area contributed by atoms with Crippen molar-refractivity contribution in [2.75, 3.05) is 0 Å². The minimum absolute atomic E-state index is 0.352. The Morgan fingerprint density at radius 2 is 1.17 bits per heavy atom. The molecule has 5 heteroatoms. The Morgan fingerprint density at radius 1 is 0.792 bits per heavy atom. The van der Waals surface area contributed by atoms with Crippen LogP contribution in [0.5, 0.6) is 0 Å². The lowest BCUT2D eigenvalue weighted by Crippen LogP contribution is -2.40. The maximum atomic E-state index is 13.9. The molecule has 0 aromatic heterocycles. The first-order valence-electron chi connectivity index (χ1n) is 7.54. The van der Waals surface area contributed by atoms with E-state index in [1.165, 1.54) is 13.8 Å². The van der Waals surface area contributed by atoms with Crippen LogP contribution < -0.4 is 10.6 Å². The number of hydrogen-bond acceptors (Lipinski definition) is 4. The largest absolute Gasteiger partial charge is 0.306 e. The minimum atomic E-state index is -3.74. The lowest BCUT2D eigenvalue weighted by molar-refractivity contribution is -0.143. The zero-order valence-electron chi connectivity index (χ0n) is 13.9. The van der Waals surface area contributed by atoms with Crippen LogP contribution in [0.2, 0.25) is 0 Å². The van der Waals surface area contributed by atoms with Crippen molar-refractivity contribution in [2.45, 2.75) is 20.8 Å². The molecule has 0 aliphatic rings. The van der Waals surface area contributed by atoms with Crippen molar-refractivity contribution in [3.05, 3.63) is 60.7 Å². The molecule has 0 N–H and O–H groups in total. The molecule has 0 aliphatic carbocycles. The fourth-order valence-corrected chi connectivity index (χ4v) is 5.43. The Kier molecular flexibility index (Phi) is 5.00. The van der Waals surface area contributed by atoms with Crippen LogP contribution in [0.1, 0.15) is 20.8 Å². The highest BCUT2D eigenvalue weighted by Gasteiger charge is 2.49. The summed E-state index contributed by atoms with van der Waals surface area (Å²) in [5.74, 6) is -1.55. The van der Waals surface area contributed by atoms with Gasteiger partial charge < -0.3 is 4.57 Å². The molecular weight excluding hydrogens is 323 g/mol. The van der Waals surface area contributed by atoms with E-state index in [0.29, 0.717) is 10.6 Å². The van der Waals surface area contributed by atoms with Crippen molar-refractivity contribution in [3.8, 4) is 0 Å². The highest BCUT2D eigenvalue weighted by molar-refractivity contribution is 7.93. The molecule has 0 amide bonds. The van der Waals surface area contributed by atoms with Gasteiger partial charge in [0.2, 0.25) is 18.4 Å². The molecule has 0 spiro atoms. The number of carbonyl (C=O) groups is 3. The summed E-state index contributed by atoms with van der Waals surface area (Å²) in [5.41, 5.74) is -2.39. The van der Waals surface area contributed by atoms with Gasteiger partial charge in [-0.2, -0.15) is 0 Å². The van der Waals surface area contributed by atoms with Crippen LogP contribution in [-0.4, -0.2) is 17.1 Å². The van der Waals surface area contributed by atoms with Gasteiger partial charge in [0.05, 0.1) is 5.41 Å². The number of rotatable bonds is 6. The maximum Gasteiger partial charge on any atom is 0.213 e. The predicted octanol–water partition coefficient (Wildman–Crippen LogP) is 2.71. The lowest BCUT2D eigenvalue weighted by Gasteiger charge is -2.27.